The van der Waals surface area contributed by atoms with E-state index >= 15 is 0 Å². The molecular formula is C14H19F2N3O4. The number of methoxy groups -OCH3 is 1. The van der Waals surface area contributed by atoms with E-state index in [1.807, 2.05) is 0 Å². The monoisotopic (exact) mass is 331 g/mol. The lowest BCUT2D eigenvalue weighted by Gasteiger charge is -2.43. The zero-order valence-electron chi connectivity index (χ0n) is 13.0. The predicted octanol–water partition coefficient (Wildman–Crippen LogP) is 1.22. The molecule has 1 saturated carbocycles. The van der Waals surface area contributed by atoms with Crippen molar-refractivity contribution < 1.29 is 27.9 Å². The van der Waals surface area contributed by atoms with Crippen molar-refractivity contribution >= 4 is 5.91 Å². The number of aromatic nitrogens is 2. The molecule has 2 aliphatic rings. The first-order valence-electron chi connectivity index (χ1n) is 7.53. The SMILES string of the molecule is CO[C@@H]1C[C@H](c2nc(C)no2)N(C(=O)C(F)(F)C2(O)CCC2)C1. The van der Waals surface area contributed by atoms with Crippen molar-refractivity contribution in [2.75, 3.05) is 13.7 Å². The molecule has 1 aliphatic heterocycles. The fourth-order valence-electron chi connectivity index (χ4n) is 3.08. The largest absolute Gasteiger partial charge is 0.383 e. The number of carbonyl (C=O) groups excluding carboxylic acids is 1. The molecule has 0 spiro atoms. The molecule has 3 rings (SSSR count). The van der Waals surface area contributed by atoms with Gasteiger partial charge in [0.25, 0.3) is 5.91 Å². The van der Waals surface area contributed by atoms with Crippen LogP contribution in [-0.2, 0) is 9.53 Å². The van der Waals surface area contributed by atoms with E-state index in [2.05, 4.69) is 10.1 Å². The summed E-state index contributed by atoms with van der Waals surface area (Å²) in [4.78, 5) is 17.5. The highest BCUT2D eigenvalue weighted by atomic mass is 19.3. The second-order valence-electron chi connectivity index (χ2n) is 6.21. The molecule has 128 valence electrons. The van der Waals surface area contributed by atoms with Crippen molar-refractivity contribution in [1.29, 1.82) is 0 Å². The third-order valence-electron chi connectivity index (χ3n) is 4.72. The van der Waals surface area contributed by atoms with Crippen LogP contribution in [0.15, 0.2) is 4.52 Å². The minimum absolute atomic E-state index is 0.00685. The van der Waals surface area contributed by atoms with E-state index in [4.69, 9.17) is 9.26 Å². The van der Waals surface area contributed by atoms with E-state index in [0.29, 0.717) is 18.7 Å². The van der Waals surface area contributed by atoms with Crippen LogP contribution >= 0.6 is 0 Å². The molecule has 9 heteroatoms. The number of hydrogen-bond donors (Lipinski definition) is 1. The Kier molecular flexibility index (Phi) is 3.88. The van der Waals surface area contributed by atoms with E-state index in [-0.39, 0.29) is 25.3 Å². The standard InChI is InChI=1S/C14H19F2N3O4/c1-8-17-11(23-18-8)10-6-9(22-2)7-19(10)12(20)14(15,16)13(21)4-3-5-13/h9-10,21H,3-7H2,1-2H3/t9-,10-/m1/s1. The first kappa shape index (κ1) is 16.3. The maximum atomic E-state index is 14.5. The zero-order chi connectivity index (χ0) is 16.8. The highest BCUT2D eigenvalue weighted by Gasteiger charge is 2.63. The van der Waals surface area contributed by atoms with Gasteiger partial charge in [-0.1, -0.05) is 5.16 Å². The lowest BCUT2D eigenvalue weighted by molar-refractivity contribution is -0.224. The molecule has 2 fully saturated rings. The number of nitrogens with zero attached hydrogens (tertiary/aromatic N) is 3. The van der Waals surface area contributed by atoms with Crippen LogP contribution in [0.25, 0.3) is 0 Å². The van der Waals surface area contributed by atoms with Crippen LogP contribution in [0.4, 0.5) is 8.78 Å². The minimum Gasteiger partial charge on any atom is -0.383 e. The molecule has 1 aromatic rings. The molecule has 0 bridgehead atoms. The Labute approximate surface area is 131 Å². The van der Waals surface area contributed by atoms with Gasteiger partial charge in [0, 0.05) is 20.1 Å². The van der Waals surface area contributed by atoms with Crippen LogP contribution in [0, 0.1) is 6.92 Å². The van der Waals surface area contributed by atoms with Gasteiger partial charge in [0.1, 0.15) is 11.6 Å². The third-order valence-corrected chi connectivity index (χ3v) is 4.72. The molecule has 23 heavy (non-hydrogen) atoms. The molecule has 2 atom stereocenters. The van der Waals surface area contributed by atoms with Crippen LogP contribution in [0.5, 0.6) is 0 Å². The van der Waals surface area contributed by atoms with Crippen molar-refractivity contribution in [2.45, 2.75) is 56.3 Å². The maximum absolute atomic E-state index is 14.5. The van der Waals surface area contributed by atoms with Crippen LogP contribution in [-0.4, -0.2) is 57.3 Å². The topological polar surface area (TPSA) is 88.7 Å². The van der Waals surface area contributed by atoms with Gasteiger partial charge in [-0.2, -0.15) is 13.8 Å². The number of hydrogen-bond acceptors (Lipinski definition) is 6. The predicted molar refractivity (Wildman–Crippen MR) is 72.7 cm³/mol. The number of aryl methyl sites for hydroxylation is 1. The maximum Gasteiger partial charge on any atom is 0.352 e. The number of halogens is 2. The molecule has 1 saturated heterocycles. The Balaban J connectivity index is 1.87. The van der Waals surface area contributed by atoms with E-state index < -0.39 is 29.6 Å². The van der Waals surface area contributed by atoms with Gasteiger partial charge >= 0.3 is 5.92 Å². The summed E-state index contributed by atoms with van der Waals surface area (Å²) in [6.07, 6.45) is 0.197. The second-order valence-corrected chi connectivity index (χ2v) is 6.21. The van der Waals surface area contributed by atoms with Crippen LogP contribution in [0.1, 0.15) is 43.4 Å². The third kappa shape index (κ3) is 2.51. The molecule has 1 amide bonds. The average molecular weight is 331 g/mol. The summed E-state index contributed by atoms with van der Waals surface area (Å²) in [5.74, 6) is -4.80. The van der Waals surface area contributed by atoms with Gasteiger partial charge in [0.05, 0.1) is 6.10 Å². The number of ether oxygens (including phenoxy) is 1. The lowest BCUT2D eigenvalue weighted by Crippen LogP contribution is -2.61. The summed E-state index contributed by atoms with van der Waals surface area (Å²) >= 11 is 0. The fraction of sp³-hybridized carbons (Fsp3) is 0.786. The van der Waals surface area contributed by atoms with Gasteiger partial charge in [-0.15, -0.1) is 0 Å². The van der Waals surface area contributed by atoms with Crippen molar-refractivity contribution in [3.63, 3.8) is 0 Å². The smallest absolute Gasteiger partial charge is 0.352 e. The van der Waals surface area contributed by atoms with Crippen LogP contribution in [0.3, 0.4) is 0 Å². The number of carbonyl (C=O) groups is 1. The summed E-state index contributed by atoms with van der Waals surface area (Å²) in [6.45, 7) is 1.60. The quantitative estimate of drug-likeness (QED) is 0.892. The Hall–Kier alpha value is -1.61. The molecule has 1 aliphatic carbocycles. The molecule has 0 radical (unpaired) electrons. The number of alkyl halides is 2. The molecule has 1 N–H and O–H groups in total. The molecule has 0 aromatic carbocycles. The number of aliphatic hydroxyl groups is 1. The van der Waals surface area contributed by atoms with E-state index in [0.717, 1.165) is 4.90 Å². The van der Waals surface area contributed by atoms with Gasteiger partial charge in [0.15, 0.2) is 5.82 Å². The number of likely N-dealkylation sites (tertiary alicyclic amines) is 1. The highest BCUT2D eigenvalue weighted by molar-refractivity contribution is 5.85. The first-order chi connectivity index (χ1) is 10.8. The van der Waals surface area contributed by atoms with Gasteiger partial charge in [0.2, 0.25) is 5.89 Å². The van der Waals surface area contributed by atoms with Crippen molar-refractivity contribution in [2.24, 2.45) is 0 Å². The molecule has 2 heterocycles. The molecular weight excluding hydrogens is 312 g/mol. The summed E-state index contributed by atoms with van der Waals surface area (Å²) in [5.41, 5.74) is -2.26. The lowest BCUT2D eigenvalue weighted by atomic mass is 9.75. The zero-order valence-corrected chi connectivity index (χ0v) is 13.0. The Morgan fingerprint density at radius 1 is 1.52 bits per heavy atom. The summed E-state index contributed by atoms with van der Waals surface area (Å²) < 4.78 is 39.2. The fourth-order valence-corrected chi connectivity index (χ4v) is 3.08. The van der Waals surface area contributed by atoms with Gasteiger partial charge in [-0.3, -0.25) is 4.79 Å². The number of rotatable bonds is 4. The van der Waals surface area contributed by atoms with Gasteiger partial charge in [-0.25, -0.2) is 0 Å². The average Bonchev–Trinajstić information content (AvgIpc) is 3.09. The van der Waals surface area contributed by atoms with Gasteiger partial charge < -0.3 is 19.3 Å². The highest BCUT2D eigenvalue weighted by Crippen LogP contribution is 2.47. The number of amides is 1. The van der Waals surface area contributed by atoms with E-state index in [1.165, 1.54) is 7.11 Å². The normalized spacial score (nSPS) is 27.1. The molecule has 7 nitrogen and oxygen atoms in total. The second kappa shape index (κ2) is 5.48. The van der Waals surface area contributed by atoms with E-state index in [9.17, 15) is 18.7 Å². The van der Waals surface area contributed by atoms with Crippen LogP contribution in [0.2, 0.25) is 0 Å². The Bertz CT molecular complexity index is 603. The first-order valence-corrected chi connectivity index (χ1v) is 7.53. The van der Waals surface area contributed by atoms with Gasteiger partial charge in [-0.05, 0) is 26.2 Å². The minimum atomic E-state index is -3.85. The summed E-state index contributed by atoms with van der Waals surface area (Å²) in [5, 5.41) is 13.6. The Morgan fingerprint density at radius 2 is 2.22 bits per heavy atom. The van der Waals surface area contributed by atoms with Crippen molar-refractivity contribution in [1.82, 2.24) is 15.0 Å². The Morgan fingerprint density at radius 3 is 2.70 bits per heavy atom. The van der Waals surface area contributed by atoms with Crippen molar-refractivity contribution in [3.05, 3.63) is 11.7 Å². The molecule has 0 unspecified atom stereocenters. The van der Waals surface area contributed by atoms with Crippen molar-refractivity contribution in [3.8, 4) is 0 Å². The molecule has 1 aromatic heterocycles. The van der Waals surface area contributed by atoms with E-state index in [1.54, 1.807) is 6.92 Å². The summed E-state index contributed by atoms with van der Waals surface area (Å²) in [7, 11) is 1.45. The van der Waals surface area contributed by atoms with Crippen LogP contribution < -0.4 is 0 Å². The summed E-state index contributed by atoms with van der Waals surface area (Å²) in [6, 6.07) is -0.775.